The van der Waals surface area contributed by atoms with Gasteiger partial charge in [-0.05, 0) is 53.5 Å². The second-order valence-corrected chi connectivity index (χ2v) is 12.2. The highest BCUT2D eigenvalue weighted by molar-refractivity contribution is 5.96. The summed E-state index contributed by atoms with van der Waals surface area (Å²) in [5, 5.41) is 17.9. The molecule has 2 N–H and O–H groups in total. The molecule has 2 aromatic carbocycles. The second kappa shape index (κ2) is 14.2. The van der Waals surface area contributed by atoms with E-state index in [0.29, 0.717) is 4.68 Å². The van der Waals surface area contributed by atoms with Crippen LogP contribution in [0.25, 0.3) is 11.1 Å². The summed E-state index contributed by atoms with van der Waals surface area (Å²) >= 11 is 0. The van der Waals surface area contributed by atoms with Crippen molar-refractivity contribution in [3.63, 3.8) is 0 Å². The fourth-order valence-electron chi connectivity index (χ4n) is 5.36. The Kier molecular flexibility index (Phi) is 10.3. The van der Waals surface area contributed by atoms with Crippen LogP contribution in [0, 0.1) is 5.95 Å². The van der Waals surface area contributed by atoms with Gasteiger partial charge in [0, 0.05) is 12.3 Å². The van der Waals surface area contributed by atoms with Gasteiger partial charge in [0.15, 0.2) is 5.82 Å². The third-order valence-electron chi connectivity index (χ3n) is 7.49. The first kappa shape index (κ1) is 35.3. The van der Waals surface area contributed by atoms with E-state index in [9.17, 15) is 31.5 Å². The molecule has 49 heavy (non-hydrogen) atoms. The number of amides is 2. The molecule has 4 aromatic rings. The number of carbonyl (C=O) groups is 2. The molecule has 0 spiro atoms. The summed E-state index contributed by atoms with van der Waals surface area (Å²) in [5.74, 6) is -3.26. The van der Waals surface area contributed by atoms with Crippen molar-refractivity contribution in [1.82, 2.24) is 35.3 Å². The summed E-state index contributed by atoms with van der Waals surface area (Å²) in [5.41, 5.74) is 2.57. The van der Waals surface area contributed by atoms with Crippen LogP contribution < -0.4 is 10.6 Å². The van der Waals surface area contributed by atoms with E-state index in [1.807, 2.05) is 48.5 Å². The van der Waals surface area contributed by atoms with Crippen LogP contribution in [-0.4, -0.2) is 79.4 Å². The van der Waals surface area contributed by atoms with E-state index in [1.54, 1.807) is 20.8 Å². The fraction of sp³-hybridized carbons (Fsp3) is 0.419. The number of aromatic nitrogens is 6. The van der Waals surface area contributed by atoms with Crippen molar-refractivity contribution in [2.75, 3.05) is 18.5 Å². The maximum absolute atomic E-state index is 15.0. The number of carbonyl (C=O) groups excluding carboxylic acids is 2. The van der Waals surface area contributed by atoms with Crippen LogP contribution in [-0.2, 0) is 20.8 Å². The van der Waals surface area contributed by atoms with E-state index in [-0.39, 0.29) is 23.8 Å². The van der Waals surface area contributed by atoms with E-state index in [2.05, 4.69) is 31.3 Å². The van der Waals surface area contributed by atoms with Gasteiger partial charge in [0.2, 0.25) is 12.3 Å². The molecule has 5 rings (SSSR count). The first-order chi connectivity index (χ1) is 23.1. The predicted octanol–water partition coefficient (Wildman–Crippen LogP) is 5.48. The zero-order chi connectivity index (χ0) is 35.5. The van der Waals surface area contributed by atoms with E-state index in [1.165, 1.54) is 0 Å². The smallest absolute Gasteiger partial charge is 0.408 e. The minimum absolute atomic E-state index is 0.0605. The Balaban J connectivity index is 1.31. The van der Waals surface area contributed by atoms with Gasteiger partial charge in [0.05, 0.1) is 18.4 Å². The molecule has 1 aliphatic carbocycles. The number of tetrazole rings is 1. The van der Waals surface area contributed by atoms with Gasteiger partial charge in [-0.1, -0.05) is 48.5 Å². The second-order valence-electron chi connectivity index (χ2n) is 12.2. The van der Waals surface area contributed by atoms with Gasteiger partial charge >= 0.3 is 12.3 Å². The summed E-state index contributed by atoms with van der Waals surface area (Å²) in [4.78, 5) is 26.4. The molecule has 1 unspecified atom stereocenters. The van der Waals surface area contributed by atoms with Crippen molar-refractivity contribution in [1.29, 1.82) is 0 Å². The van der Waals surface area contributed by atoms with E-state index in [4.69, 9.17) is 9.47 Å². The van der Waals surface area contributed by atoms with Crippen LogP contribution in [0.1, 0.15) is 56.1 Å². The highest BCUT2D eigenvalue weighted by Crippen LogP contribution is 2.44. The number of hydrogen-bond acceptors (Lipinski definition) is 8. The molecule has 0 bridgehead atoms. The zero-order valence-electron chi connectivity index (χ0n) is 26.4. The number of hydrogen-bond donors (Lipinski definition) is 2. The van der Waals surface area contributed by atoms with Gasteiger partial charge in [-0.3, -0.25) is 9.48 Å². The van der Waals surface area contributed by atoms with Crippen LogP contribution in [0.4, 0.5) is 36.8 Å². The molecule has 0 radical (unpaired) electrons. The zero-order valence-corrected chi connectivity index (χ0v) is 26.4. The lowest BCUT2D eigenvalue weighted by Gasteiger charge is -2.24. The maximum atomic E-state index is 15.0. The molecule has 0 saturated heterocycles. The van der Waals surface area contributed by atoms with E-state index >= 15 is 4.39 Å². The lowest BCUT2D eigenvalue weighted by molar-refractivity contribution is -0.143. The molecule has 12 nitrogen and oxygen atoms in total. The van der Waals surface area contributed by atoms with Crippen molar-refractivity contribution >= 4 is 17.7 Å². The molecular weight excluding hydrogens is 662 g/mol. The molecule has 18 heteroatoms. The van der Waals surface area contributed by atoms with Crippen LogP contribution in [0.5, 0.6) is 0 Å². The Labute approximate surface area is 275 Å². The Hall–Kier alpha value is -5.00. The SMILES string of the molecule is CC(C)(C)OC[C@H](NC(=O)OCC1c2ccccc2-c2ccccc21)C(=O)Nc1cn(C(CC(F)F)c2nnnn2CC(F)(F)F)nc1F. The van der Waals surface area contributed by atoms with E-state index in [0.717, 1.165) is 28.5 Å². The maximum Gasteiger partial charge on any atom is 0.408 e. The van der Waals surface area contributed by atoms with Crippen LogP contribution in [0.3, 0.4) is 0 Å². The first-order valence-corrected chi connectivity index (χ1v) is 15.0. The molecule has 0 fully saturated rings. The number of fused-ring (bicyclic) bond motifs is 3. The largest absolute Gasteiger partial charge is 0.449 e. The summed E-state index contributed by atoms with van der Waals surface area (Å²) in [6.45, 7) is 2.97. The number of alkyl halides is 5. The highest BCUT2D eigenvalue weighted by atomic mass is 19.4. The Bertz CT molecular complexity index is 1740. The van der Waals surface area contributed by atoms with Crippen molar-refractivity contribution < 1.29 is 45.4 Å². The average Bonchev–Trinajstić information content (AvgIpc) is 3.71. The van der Waals surface area contributed by atoms with Crippen LogP contribution in [0.2, 0.25) is 0 Å². The summed E-state index contributed by atoms with van der Waals surface area (Å²) < 4.78 is 93.2. The molecule has 0 saturated carbocycles. The molecule has 2 atom stereocenters. The molecule has 2 heterocycles. The minimum atomic E-state index is -4.79. The molecule has 262 valence electrons. The summed E-state index contributed by atoms with van der Waals surface area (Å²) in [6, 6.07) is 12.2. The quantitative estimate of drug-likeness (QED) is 0.186. The molecule has 0 aliphatic heterocycles. The van der Waals surface area contributed by atoms with Gasteiger partial charge < -0.3 is 20.1 Å². The van der Waals surface area contributed by atoms with Gasteiger partial charge in [-0.25, -0.2) is 18.3 Å². The standard InChI is InChI=1S/C31H32F6N8O4/c1-30(2,3)49-15-23(39-29(47)48-14-21-19-10-6-4-8-17(19)18-9-5-7-11-20(18)21)28(46)38-22-13-44(41-26(22)34)24(12-25(32)33)27-40-42-43-45(27)16-31(35,36)37/h4-11,13,21,23-25H,12,14-16H2,1-3H3,(H,38,46)(H,39,47)/t23-,24?/m0/s1. The van der Waals surface area contributed by atoms with Crippen molar-refractivity contribution in [2.45, 2.75) is 69.9 Å². The normalized spacial score (nSPS) is 14.3. The van der Waals surface area contributed by atoms with Crippen molar-refractivity contribution in [2.24, 2.45) is 0 Å². The third-order valence-corrected chi connectivity index (χ3v) is 7.49. The van der Waals surface area contributed by atoms with Crippen LogP contribution >= 0.6 is 0 Å². The highest BCUT2D eigenvalue weighted by Gasteiger charge is 2.35. The number of alkyl carbamates (subject to hydrolysis) is 1. The van der Waals surface area contributed by atoms with Crippen molar-refractivity contribution in [3.8, 4) is 11.1 Å². The van der Waals surface area contributed by atoms with Crippen molar-refractivity contribution in [3.05, 3.63) is 77.6 Å². The molecule has 2 amide bonds. The van der Waals surface area contributed by atoms with Gasteiger partial charge in [0.1, 0.15) is 30.9 Å². The Morgan fingerprint density at radius 3 is 2.22 bits per heavy atom. The topological polar surface area (TPSA) is 138 Å². The van der Waals surface area contributed by atoms with Gasteiger partial charge in [-0.15, -0.1) is 10.2 Å². The summed E-state index contributed by atoms with van der Waals surface area (Å²) in [6.07, 6.45) is -9.16. The summed E-state index contributed by atoms with van der Waals surface area (Å²) in [7, 11) is 0. The number of nitrogens with one attached hydrogen (secondary N) is 2. The Morgan fingerprint density at radius 2 is 1.63 bits per heavy atom. The Morgan fingerprint density at radius 1 is 1.00 bits per heavy atom. The lowest BCUT2D eigenvalue weighted by Crippen LogP contribution is -2.48. The molecule has 2 aromatic heterocycles. The number of anilines is 1. The fourth-order valence-corrected chi connectivity index (χ4v) is 5.36. The number of rotatable bonds is 12. The number of halogens is 6. The minimum Gasteiger partial charge on any atom is -0.449 e. The monoisotopic (exact) mass is 694 g/mol. The van der Waals surface area contributed by atoms with Crippen LogP contribution in [0.15, 0.2) is 54.7 Å². The third kappa shape index (κ3) is 8.73. The predicted molar refractivity (Wildman–Crippen MR) is 161 cm³/mol. The average molecular weight is 695 g/mol. The number of ether oxygens (including phenoxy) is 2. The molecule has 1 aliphatic rings. The number of nitrogens with zero attached hydrogens (tertiary/aromatic N) is 6. The van der Waals surface area contributed by atoms with Gasteiger partial charge in [0.25, 0.3) is 5.95 Å². The lowest BCUT2D eigenvalue weighted by atomic mass is 9.98. The molecular formula is C31H32F6N8O4. The first-order valence-electron chi connectivity index (χ1n) is 15.0. The van der Waals surface area contributed by atoms with E-state index < -0.39 is 72.7 Å². The number of benzene rings is 2. The van der Waals surface area contributed by atoms with Gasteiger partial charge in [-0.2, -0.15) is 17.6 Å².